The van der Waals surface area contributed by atoms with Crippen LogP contribution >= 0.6 is 0 Å². The van der Waals surface area contributed by atoms with Gasteiger partial charge >= 0.3 is 0 Å². The van der Waals surface area contributed by atoms with Crippen molar-refractivity contribution in [1.29, 1.82) is 0 Å². The van der Waals surface area contributed by atoms with Gasteiger partial charge in [-0.05, 0) is 29.2 Å². The molecular formula is C15H17NO. The van der Waals surface area contributed by atoms with Gasteiger partial charge in [0, 0.05) is 6.20 Å². The second kappa shape index (κ2) is 5.11. The lowest BCUT2D eigenvalue weighted by atomic mass is 9.99. The van der Waals surface area contributed by atoms with E-state index in [0.29, 0.717) is 11.6 Å². The summed E-state index contributed by atoms with van der Waals surface area (Å²) in [4.78, 5) is 4.16. The molecule has 0 fully saturated rings. The highest BCUT2D eigenvalue weighted by molar-refractivity contribution is 5.30. The van der Waals surface area contributed by atoms with Crippen LogP contribution in [0.4, 0.5) is 0 Å². The molecule has 0 amide bonds. The van der Waals surface area contributed by atoms with Crippen molar-refractivity contribution in [3.05, 3.63) is 65.5 Å². The number of benzene rings is 1. The quantitative estimate of drug-likeness (QED) is 0.872. The van der Waals surface area contributed by atoms with Crippen LogP contribution in [0.1, 0.15) is 42.7 Å². The third kappa shape index (κ3) is 2.71. The van der Waals surface area contributed by atoms with Gasteiger partial charge in [-0.2, -0.15) is 0 Å². The molecule has 0 radical (unpaired) electrons. The van der Waals surface area contributed by atoms with Gasteiger partial charge < -0.3 is 5.11 Å². The number of pyridine rings is 1. The molecule has 1 aromatic heterocycles. The number of aliphatic hydroxyl groups is 1. The Kier molecular flexibility index (Phi) is 3.55. The maximum absolute atomic E-state index is 10.2. The van der Waals surface area contributed by atoms with Crippen LogP contribution in [0.15, 0.2) is 48.7 Å². The largest absolute Gasteiger partial charge is 0.382 e. The Bertz CT molecular complexity index is 462. The van der Waals surface area contributed by atoms with Crippen LogP contribution in [0.2, 0.25) is 0 Å². The fraction of sp³-hybridized carbons (Fsp3) is 0.267. The van der Waals surface area contributed by atoms with Crippen molar-refractivity contribution >= 4 is 0 Å². The highest BCUT2D eigenvalue weighted by atomic mass is 16.3. The van der Waals surface area contributed by atoms with E-state index in [1.165, 1.54) is 5.56 Å². The van der Waals surface area contributed by atoms with Crippen molar-refractivity contribution in [2.24, 2.45) is 0 Å². The van der Waals surface area contributed by atoms with Crippen molar-refractivity contribution in [3.8, 4) is 0 Å². The first-order chi connectivity index (χ1) is 8.18. The summed E-state index contributed by atoms with van der Waals surface area (Å²) < 4.78 is 0. The maximum Gasteiger partial charge on any atom is 0.121 e. The average molecular weight is 227 g/mol. The first-order valence-electron chi connectivity index (χ1n) is 5.87. The average Bonchev–Trinajstić information content (AvgIpc) is 2.39. The molecule has 0 saturated heterocycles. The Morgan fingerprint density at radius 3 is 2.12 bits per heavy atom. The minimum absolute atomic E-state index is 0.510. The van der Waals surface area contributed by atoms with E-state index in [9.17, 15) is 5.11 Å². The van der Waals surface area contributed by atoms with Crippen LogP contribution in [0, 0.1) is 0 Å². The minimum atomic E-state index is -0.641. The van der Waals surface area contributed by atoms with Gasteiger partial charge in [-0.15, -0.1) is 0 Å². The molecule has 1 heterocycles. The lowest BCUT2D eigenvalue weighted by Crippen LogP contribution is -2.02. The molecule has 17 heavy (non-hydrogen) atoms. The molecule has 1 aromatic carbocycles. The summed E-state index contributed by atoms with van der Waals surface area (Å²) in [5, 5.41) is 10.2. The molecule has 1 N–H and O–H groups in total. The highest BCUT2D eigenvalue weighted by Gasteiger charge is 2.11. The van der Waals surface area contributed by atoms with Crippen LogP contribution in [0.25, 0.3) is 0 Å². The van der Waals surface area contributed by atoms with E-state index >= 15 is 0 Å². The fourth-order valence-corrected chi connectivity index (χ4v) is 1.77. The molecule has 0 bridgehead atoms. The van der Waals surface area contributed by atoms with Crippen molar-refractivity contribution in [3.63, 3.8) is 0 Å². The minimum Gasteiger partial charge on any atom is -0.382 e. The van der Waals surface area contributed by atoms with Gasteiger partial charge in [0.25, 0.3) is 0 Å². The molecular weight excluding hydrogens is 210 g/mol. The summed E-state index contributed by atoms with van der Waals surface area (Å²) in [5.41, 5.74) is 2.85. The molecule has 0 saturated carbocycles. The van der Waals surface area contributed by atoms with Gasteiger partial charge in [-0.1, -0.05) is 44.2 Å². The number of nitrogens with zero attached hydrogens (tertiary/aromatic N) is 1. The zero-order valence-electron chi connectivity index (χ0n) is 10.2. The maximum atomic E-state index is 10.2. The molecule has 2 aromatic rings. The smallest absolute Gasteiger partial charge is 0.121 e. The van der Waals surface area contributed by atoms with Crippen LogP contribution in [-0.4, -0.2) is 10.1 Å². The number of aliphatic hydroxyl groups excluding tert-OH is 1. The van der Waals surface area contributed by atoms with Crippen molar-refractivity contribution in [1.82, 2.24) is 4.98 Å². The number of rotatable bonds is 3. The van der Waals surface area contributed by atoms with Crippen LogP contribution in [0.3, 0.4) is 0 Å². The molecule has 1 atom stereocenters. The molecule has 2 heteroatoms. The zero-order chi connectivity index (χ0) is 12.3. The number of aromatic nitrogens is 1. The third-order valence-electron chi connectivity index (χ3n) is 2.89. The highest BCUT2D eigenvalue weighted by Crippen LogP contribution is 2.22. The number of hydrogen-bond acceptors (Lipinski definition) is 2. The third-order valence-corrected chi connectivity index (χ3v) is 2.89. The first-order valence-corrected chi connectivity index (χ1v) is 5.87. The Morgan fingerprint density at radius 2 is 1.59 bits per heavy atom. The summed E-state index contributed by atoms with van der Waals surface area (Å²) in [6.07, 6.45) is 1.05. The van der Waals surface area contributed by atoms with E-state index in [1.807, 2.05) is 30.3 Å². The monoisotopic (exact) mass is 227 g/mol. The molecule has 0 spiro atoms. The lowest BCUT2D eigenvalue weighted by Gasteiger charge is -2.12. The predicted molar refractivity (Wildman–Crippen MR) is 68.8 cm³/mol. The summed E-state index contributed by atoms with van der Waals surface area (Å²) in [6.45, 7) is 4.31. The molecule has 2 rings (SSSR count). The van der Waals surface area contributed by atoms with Crippen molar-refractivity contribution < 1.29 is 5.11 Å². The van der Waals surface area contributed by atoms with Gasteiger partial charge in [-0.25, -0.2) is 0 Å². The van der Waals surface area contributed by atoms with E-state index in [2.05, 4.69) is 31.0 Å². The van der Waals surface area contributed by atoms with Crippen LogP contribution < -0.4 is 0 Å². The molecule has 88 valence electrons. The van der Waals surface area contributed by atoms with Gasteiger partial charge in [0.1, 0.15) is 6.10 Å². The first kappa shape index (κ1) is 11.8. The second-order valence-corrected chi connectivity index (χ2v) is 4.48. The Hall–Kier alpha value is -1.67. The molecule has 2 nitrogen and oxygen atoms in total. The molecule has 0 aliphatic carbocycles. The predicted octanol–water partition coefficient (Wildman–Crippen LogP) is 3.29. The zero-order valence-corrected chi connectivity index (χ0v) is 10.2. The van der Waals surface area contributed by atoms with Crippen LogP contribution in [0.5, 0.6) is 0 Å². The Balaban J connectivity index is 2.23. The van der Waals surface area contributed by atoms with E-state index < -0.39 is 6.10 Å². The van der Waals surface area contributed by atoms with E-state index in [1.54, 1.807) is 6.20 Å². The van der Waals surface area contributed by atoms with Crippen molar-refractivity contribution in [2.45, 2.75) is 25.9 Å². The number of hydrogen-bond donors (Lipinski definition) is 1. The molecule has 0 aliphatic rings. The normalized spacial score (nSPS) is 12.7. The van der Waals surface area contributed by atoms with Crippen molar-refractivity contribution in [2.75, 3.05) is 0 Å². The molecule has 1 unspecified atom stereocenters. The van der Waals surface area contributed by atoms with Gasteiger partial charge in [0.05, 0.1) is 5.69 Å². The Morgan fingerprint density at radius 1 is 0.941 bits per heavy atom. The van der Waals surface area contributed by atoms with Crippen LogP contribution in [-0.2, 0) is 0 Å². The standard InChI is InChI=1S/C15H17NO/c1-11(2)12-6-8-13(9-7-12)15(17)14-5-3-4-10-16-14/h3-11,15,17H,1-2H3. The van der Waals surface area contributed by atoms with E-state index in [0.717, 1.165) is 5.56 Å². The van der Waals surface area contributed by atoms with Gasteiger partial charge in [0.15, 0.2) is 0 Å². The summed E-state index contributed by atoms with van der Waals surface area (Å²) in [5.74, 6) is 0.510. The van der Waals surface area contributed by atoms with Gasteiger partial charge in [-0.3, -0.25) is 4.98 Å². The fourth-order valence-electron chi connectivity index (χ4n) is 1.77. The van der Waals surface area contributed by atoms with Gasteiger partial charge in [0.2, 0.25) is 0 Å². The summed E-state index contributed by atoms with van der Waals surface area (Å²) >= 11 is 0. The summed E-state index contributed by atoms with van der Waals surface area (Å²) in [6, 6.07) is 13.6. The lowest BCUT2D eigenvalue weighted by molar-refractivity contribution is 0.215. The topological polar surface area (TPSA) is 33.1 Å². The summed E-state index contributed by atoms with van der Waals surface area (Å²) in [7, 11) is 0. The Labute approximate surface area is 102 Å². The molecule has 0 aliphatic heterocycles. The SMILES string of the molecule is CC(C)c1ccc(C(O)c2ccccn2)cc1. The second-order valence-electron chi connectivity index (χ2n) is 4.48. The van der Waals surface area contributed by atoms with E-state index in [-0.39, 0.29) is 0 Å². The van der Waals surface area contributed by atoms with E-state index in [4.69, 9.17) is 0 Å².